The maximum Gasteiger partial charge on any atom is 0.333 e. The summed E-state index contributed by atoms with van der Waals surface area (Å²) in [5.74, 6) is -2.58. The number of hydrogen-bond acceptors (Lipinski definition) is 4. The summed E-state index contributed by atoms with van der Waals surface area (Å²) in [4.78, 5) is 21.7. The van der Waals surface area contributed by atoms with Crippen molar-refractivity contribution < 1.29 is 19.1 Å². The Morgan fingerprint density at radius 3 is 2.21 bits per heavy atom. The summed E-state index contributed by atoms with van der Waals surface area (Å²) in [6.07, 6.45) is 2.57. The second kappa shape index (κ2) is 5.21. The minimum absolute atomic E-state index is 0.301. The summed E-state index contributed by atoms with van der Waals surface area (Å²) >= 11 is 0. The number of carbonyl (C=O) groups is 2. The highest BCUT2D eigenvalue weighted by Crippen LogP contribution is 2.19. The van der Waals surface area contributed by atoms with E-state index in [9.17, 15) is 9.59 Å². The second-order valence-electron chi connectivity index (χ2n) is 2.59. The molecule has 0 rings (SSSR count). The minimum Gasteiger partial charge on any atom is -0.419 e. The van der Waals surface area contributed by atoms with Crippen molar-refractivity contribution in [2.75, 3.05) is 0 Å². The SMILES string of the molecule is C=CC(=O)OC(C=C)(CC)OC(C)=O. The predicted molar refractivity (Wildman–Crippen MR) is 51.3 cm³/mol. The Hall–Kier alpha value is -1.58. The van der Waals surface area contributed by atoms with E-state index in [1.165, 1.54) is 13.0 Å². The average Bonchev–Trinajstić information content (AvgIpc) is 2.15. The Bertz CT molecular complexity index is 257. The molecule has 0 fully saturated rings. The van der Waals surface area contributed by atoms with Gasteiger partial charge in [0.15, 0.2) is 0 Å². The Kier molecular flexibility index (Phi) is 4.63. The van der Waals surface area contributed by atoms with Crippen LogP contribution in [0, 0.1) is 0 Å². The van der Waals surface area contributed by atoms with Crippen LogP contribution in [0.5, 0.6) is 0 Å². The topological polar surface area (TPSA) is 52.6 Å². The molecule has 0 N–H and O–H groups in total. The lowest BCUT2D eigenvalue weighted by molar-refractivity contribution is -0.207. The van der Waals surface area contributed by atoms with Crippen LogP contribution < -0.4 is 0 Å². The van der Waals surface area contributed by atoms with Crippen molar-refractivity contribution >= 4 is 11.9 Å². The van der Waals surface area contributed by atoms with E-state index in [2.05, 4.69) is 13.2 Å². The van der Waals surface area contributed by atoms with E-state index < -0.39 is 17.7 Å². The van der Waals surface area contributed by atoms with E-state index in [4.69, 9.17) is 9.47 Å². The van der Waals surface area contributed by atoms with Crippen molar-refractivity contribution in [2.45, 2.75) is 26.1 Å². The van der Waals surface area contributed by atoms with Gasteiger partial charge in [-0.25, -0.2) is 4.79 Å². The number of rotatable bonds is 5. The average molecular weight is 198 g/mol. The molecule has 1 unspecified atom stereocenters. The van der Waals surface area contributed by atoms with Gasteiger partial charge >= 0.3 is 11.9 Å². The van der Waals surface area contributed by atoms with Crippen LogP contribution in [0.25, 0.3) is 0 Å². The Morgan fingerprint density at radius 2 is 1.93 bits per heavy atom. The summed E-state index contributed by atoms with van der Waals surface area (Å²) in [6.45, 7) is 9.64. The zero-order valence-corrected chi connectivity index (χ0v) is 8.41. The number of hydrogen-bond donors (Lipinski definition) is 0. The van der Waals surface area contributed by atoms with Gasteiger partial charge in [-0.3, -0.25) is 4.79 Å². The first-order valence-corrected chi connectivity index (χ1v) is 4.18. The van der Waals surface area contributed by atoms with Crippen molar-refractivity contribution in [3.8, 4) is 0 Å². The minimum atomic E-state index is -1.38. The number of ether oxygens (including phenoxy) is 2. The van der Waals surface area contributed by atoms with Gasteiger partial charge in [-0.2, -0.15) is 0 Å². The lowest BCUT2D eigenvalue weighted by Crippen LogP contribution is -2.36. The van der Waals surface area contributed by atoms with E-state index in [0.717, 1.165) is 6.08 Å². The monoisotopic (exact) mass is 198 g/mol. The van der Waals surface area contributed by atoms with Crippen molar-refractivity contribution in [1.29, 1.82) is 0 Å². The van der Waals surface area contributed by atoms with Crippen molar-refractivity contribution in [3.05, 3.63) is 25.3 Å². The fourth-order valence-corrected chi connectivity index (χ4v) is 0.848. The molecule has 4 nitrogen and oxygen atoms in total. The molecular formula is C10H14O4. The van der Waals surface area contributed by atoms with Gasteiger partial charge in [0.2, 0.25) is 0 Å². The van der Waals surface area contributed by atoms with Crippen molar-refractivity contribution in [3.63, 3.8) is 0 Å². The molecule has 0 aromatic heterocycles. The van der Waals surface area contributed by atoms with Gasteiger partial charge in [-0.15, -0.1) is 0 Å². The van der Waals surface area contributed by atoms with Crippen LogP contribution in [-0.4, -0.2) is 17.7 Å². The quantitative estimate of drug-likeness (QED) is 0.291. The summed E-state index contributed by atoms with van der Waals surface area (Å²) < 4.78 is 9.74. The highest BCUT2D eigenvalue weighted by atomic mass is 16.7. The fraction of sp³-hybridized carbons (Fsp3) is 0.400. The Morgan fingerprint density at radius 1 is 1.36 bits per heavy atom. The number of esters is 2. The zero-order chi connectivity index (χ0) is 11.2. The first-order valence-electron chi connectivity index (χ1n) is 4.18. The Balaban J connectivity index is 4.68. The normalized spacial score (nSPS) is 13.6. The number of carbonyl (C=O) groups excluding carboxylic acids is 2. The van der Waals surface area contributed by atoms with E-state index in [-0.39, 0.29) is 0 Å². The van der Waals surface area contributed by atoms with Gasteiger partial charge in [0.1, 0.15) is 0 Å². The highest BCUT2D eigenvalue weighted by Gasteiger charge is 2.31. The van der Waals surface area contributed by atoms with E-state index >= 15 is 0 Å². The second-order valence-corrected chi connectivity index (χ2v) is 2.59. The van der Waals surface area contributed by atoms with Gasteiger partial charge in [0.05, 0.1) is 0 Å². The van der Waals surface area contributed by atoms with Crippen LogP contribution in [0.4, 0.5) is 0 Å². The van der Waals surface area contributed by atoms with Crippen LogP contribution >= 0.6 is 0 Å². The van der Waals surface area contributed by atoms with Crippen molar-refractivity contribution in [2.24, 2.45) is 0 Å². The van der Waals surface area contributed by atoms with Crippen molar-refractivity contribution in [1.82, 2.24) is 0 Å². The van der Waals surface area contributed by atoms with Crippen LogP contribution in [0.2, 0.25) is 0 Å². The largest absolute Gasteiger partial charge is 0.419 e. The van der Waals surface area contributed by atoms with E-state index in [1.54, 1.807) is 6.92 Å². The first-order chi connectivity index (χ1) is 6.49. The summed E-state index contributed by atoms with van der Waals surface area (Å²) in [5.41, 5.74) is 0. The molecule has 0 spiro atoms. The highest BCUT2D eigenvalue weighted by molar-refractivity contribution is 5.81. The lowest BCUT2D eigenvalue weighted by Gasteiger charge is -2.27. The molecule has 0 heterocycles. The zero-order valence-electron chi connectivity index (χ0n) is 8.41. The standard InChI is InChI=1S/C10H14O4/c1-5-9(12)14-10(6-2,7-3)13-8(4)11/h5-6H,1-2,7H2,3-4H3. The first kappa shape index (κ1) is 12.4. The van der Waals surface area contributed by atoms with Gasteiger partial charge in [0, 0.05) is 19.4 Å². The van der Waals surface area contributed by atoms with Gasteiger partial charge < -0.3 is 9.47 Å². The Labute approximate surface area is 83.2 Å². The summed E-state index contributed by atoms with van der Waals surface area (Å²) in [7, 11) is 0. The van der Waals surface area contributed by atoms with E-state index in [0.29, 0.717) is 6.42 Å². The molecule has 0 aliphatic heterocycles. The third kappa shape index (κ3) is 3.43. The van der Waals surface area contributed by atoms with Crippen LogP contribution in [0.3, 0.4) is 0 Å². The molecule has 0 radical (unpaired) electrons. The summed E-state index contributed by atoms with van der Waals surface area (Å²) in [5, 5.41) is 0. The molecule has 0 bridgehead atoms. The van der Waals surface area contributed by atoms with Crippen LogP contribution in [-0.2, 0) is 19.1 Å². The molecule has 0 aromatic carbocycles. The molecular weight excluding hydrogens is 184 g/mol. The van der Waals surface area contributed by atoms with Gasteiger partial charge in [0.25, 0.3) is 5.79 Å². The molecule has 78 valence electrons. The molecule has 0 aromatic rings. The lowest BCUT2D eigenvalue weighted by atomic mass is 10.2. The molecule has 0 amide bonds. The molecule has 4 heteroatoms. The molecule has 14 heavy (non-hydrogen) atoms. The smallest absolute Gasteiger partial charge is 0.333 e. The van der Waals surface area contributed by atoms with Crippen LogP contribution in [0.15, 0.2) is 25.3 Å². The molecule has 0 saturated heterocycles. The predicted octanol–water partition coefficient (Wildman–Crippen LogP) is 1.57. The molecule has 0 saturated carbocycles. The molecule has 0 aliphatic rings. The maximum absolute atomic E-state index is 10.9. The van der Waals surface area contributed by atoms with Gasteiger partial charge in [-0.1, -0.05) is 20.1 Å². The third-order valence-corrected chi connectivity index (χ3v) is 1.56. The molecule has 0 aliphatic carbocycles. The van der Waals surface area contributed by atoms with Crippen LogP contribution in [0.1, 0.15) is 20.3 Å². The third-order valence-electron chi connectivity index (χ3n) is 1.56. The fourth-order valence-electron chi connectivity index (χ4n) is 0.848. The van der Waals surface area contributed by atoms with E-state index in [1.807, 2.05) is 0 Å². The van der Waals surface area contributed by atoms with Gasteiger partial charge in [-0.05, 0) is 6.08 Å². The molecule has 1 atom stereocenters. The maximum atomic E-state index is 10.9. The summed E-state index contributed by atoms with van der Waals surface area (Å²) in [6, 6.07) is 0.